The van der Waals surface area contributed by atoms with Crippen molar-refractivity contribution in [2.75, 3.05) is 13.2 Å². The van der Waals surface area contributed by atoms with Crippen LogP contribution in [0.3, 0.4) is 0 Å². The van der Waals surface area contributed by atoms with Gasteiger partial charge in [0.25, 0.3) is 0 Å². The zero-order valence-corrected chi connectivity index (χ0v) is 41.8. The van der Waals surface area contributed by atoms with Gasteiger partial charge in [-0.2, -0.15) is 0 Å². The van der Waals surface area contributed by atoms with Crippen LogP contribution in [0.2, 0.25) is 0 Å². The van der Waals surface area contributed by atoms with Crippen molar-refractivity contribution in [1.82, 2.24) is 0 Å². The molecule has 0 saturated carbocycles. The molecule has 0 rings (SSSR count). The molecule has 6 heteroatoms. The van der Waals surface area contributed by atoms with Gasteiger partial charge in [0.05, 0.1) is 0 Å². The largest absolute Gasteiger partial charge is 0.462 e. The van der Waals surface area contributed by atoms with Crippen molar-refractivity contribution < 1.29 is 28.6 Å². The number of unbranched alkanes of at least 4 members (excludes halogenated alkanes) is 33. The number of carbonyl (C=O) groups excluding carboxylic acids is 3. The summed E-state index contributed by atoms with van der Waals surface area (Å²) in [5.74, 6) is 0.854. The lowest BCUT2D eigenvalue weighted by Gasteiger charge is -2.18. The molecule has 0 aromatic rings. The van der Waals surface area contributed by atoms with Gasteiger partial charge < -0.3 is 14.2 Å². The third kappa shape index (κ3) is 47.7. The number of esters is 3. The standard InChI is InChI=1S/C55H106O6/c1-6-8-9-10-11-12-13-21-24-30-35-40-45-53(56)59-48-52(49-60-54(57)46-41-36-31-27-26-29-34-39-44-51(5)7-2)61-55(58)47-42-37-32-25-22-19-17-15-14-16-18-20-23-28-33-38-43-50(3)4/h50-52H,6-49H2,1-5H3/t51?,52-/m0/s1. The van der Waals surface area contributed by atoms with Crippen LogP contribution >= 0.6 is 0 Å². The second kappa shape index (κ2) is 47.9. The minimum absolute atomic E-state index is 0.0635. The van der Waals surface area contributed by atoms with Gasteiger partial charge in [0, 0.05) is 19.3 Å². The highest BCUT2D eigenvalue weighted by atomic mass is 16.6. The minimum atomic E-state index is -0.762. The molecule has 0 heterocycles. The molecule has 0 amide bonds. The number of hydrogen-bond donors (Lipinski definition) is 0. The predicted molar refractivity (Wildman–Crippen MR) is 261 cm³/mol. The first kappa shape index (κ1) is 59.4. The summed E-state index contributed by atoms with van der Waals surface area (Å²) in [7, 11) is 0. The highest BCUT2D eigenvalue weighted by Crippen LogP contribution is 2.18. The molecule has 0 aliphatic carbocycles. The fourth-order valence-electron chi connectivity index (χ4n) is 8.31. The lowest BCUT2D eigenvalue weighted by atomic mass is 9.99. The zero-order valence-electron chi connectivity index (χ0n) is 41.8. The first-order chi connectivity index (χ1) is 29.8. The summed E-state index contributed by atoms with van der Waals surface area (Å²) < 4.78 is 16.8. The summed E-state index contributed by atoms with van der Waals surface area (Å²) in [6.45, 7) is 11.4. The Morgan fingerprint density at radius 1 is 0.344 bits per heavy atom. The summed E-state index contributed by atoms with van der Waals surface area (Å²) >= 11 is 0. The minimum Gasteiger partial charge on any atom is -0.462 e. The van der Waals surface area contributed by atoms with E-state index in [9.17, 15) is 14.4 Å². The fourth-order valence-corrected chi connectivity index (χ4v) is 8.31. The van der Waals surface area contributed by atoms with Gasteiger partial charge in [0.1, 0.15) is 13.2 Å². The number of ether oxygens (including phenoxy) is 3. The van der Waals surface area contributed by atoms with Gasteiger partial charge in [-0.15, -0.1) is 0 Å². The van der Waals surface area contributed by atoms with Gasteiger partial charge in [0.15, 0.2) is 6.10 Å². The van der Waals surface area contributed by atoms with Gasteiger partial charge in [-0.1, -0.05) is 266 Å². The van der Waals surface area contributed by atoms with Gasteiger partial charge in [-0.3, -0.25) is 14.4 Å². The topological polar surface area (TPSA) is 78.9 Å². The van der Waals surface area contributed by atoms with Crippen molar-refractivity contribution in [2.24, 2.45) is 11.8 Å². The van der Waals surface area contributed by atoms with E-state index in [0.717, 1.165) is 69.6 Å². The number of hydrogen-bond acceptors (Lipinski definition) is 6. The molecule has 0 radical (unpaired) electrons. The Morgan fingerprint density at radius 3 is 0.934 bits per heavy atom. The van der Waals surface area contributed by atoms with Crippen LogP contribution in [-0.2, 0) is 28.6 Å². The van der Waals surface area contributed by atoms with E-state index in [1.54, 1.807) is 0 Å². The first-order valence-corrected chi connectivity index (χ1v) is 27.3. The average Bonchev–Trinajstić information content (AvgIpc) is 3.24. The lowest BCUT2D eigenvalue weighted by Crippen LogP contribution is -2.30. The van der Waals surface area contributed by atoms with E-state index < -0.39 is 6.10 Å². The third-order valence-corrected chi connectivity index (χ3v) is 12.8. The van der Waals surface area contributed by atoms with E-state index in [-0.39, 0.29) is 31.1 Å². The molecule has 0 saturated heterocycles. The number of carbonyl (C=O) groups is 3. The highest BCUT2D eigenvalue weighted by molar-refractivity contribution is 5.71. The van der Waals surface area contributed by atoms with Crippen molar-refractivity contribution in [3.8, 4) is 0 Å². The van der Waals surface area contributed by atoms with Crippen LogP contribution in [0, 0.1) is 11.8 Å². The molecular weight excluding hydrogens is 757 g/mol. The molecule has 0 fully saturated rings. The second-order valence-electron chi connectivity index (χ2n) is 19.6. The molecule has 0 bridgehead atoms. The molecule has 0 spiro atoms. The lowest BCUT2D eigenvalue weighted by molar-refractivity contribution is -0.167. The summed E-state index contributed by atoms with van der Waals surface area (Å²) in [4.78, 5) is 38.0. The van der Waals surface area contributed by atoms with Crippen LogP contribution in [0.1, 0.15) is 304 Å². The summed E-state index contributed by atoms with van der Waals surface area (Å²) in [5.41, 5.74) is 0. The smallest absolute Gasteiger partial charge is 0.306 e. The Labute approximate surface area is 380 Å². The monoisotopic (exact) mass is 863 g/mol. The van der Waals surface area contributed by atoms with E-state index in [1.807, 2.05) is 0 Å². The maximum Gasteiger partial charge on any atom is 0.306 e. The Balaban J connectivity index is 4.28. The van der Waals surface area contributed by atoms with Crippen molar-refractivity contribution >= 4 is 17.9 Å². The van der Waals surface area contributed by atoms with Gasteiger partial charge >= 0.3 is 17.9 Å². The third-order valence-electron chi connectivity index (χ3n) is 12.8. The zero-order chi connectivity index (χ0) is 44.7. The van der Waals surface area contributed by atoms with E-state index >= 15 is 0 Å². The molecule has 0 aromatic heterocycles. The molecule has 61 heavy (non-hydrogen) atoms. The SMILES string of the molecule is CCCCCCCCCCCCCCC(=O)OC[C@@H](COC(=O)CCCCCCCCCCC(C)CC)OC(=O)CCCCCCCCCCCCCCCCCCC(C)C. The normalized spacial score (nSPS) is 12.5. The Morgan fingerprint density at radius 2 is 0.623 bits per heavy atom. The predicted octanol–water partition coefficient (Wildman–Crippen LogP) is 17.7. The second-order valence-corrected chi connectivity index (χ2v) is 19.6. The summed E-state index contributed by atoms with van der Waals surface area (Å²) in [6.07, 6.45) is 49.4. The van der Waals surface area contributed by atoms with Crippen LogP contribution in [0.25, 0.3) is 0 Å². The molecule has 0 aliphatic rings. The molecule has 0 N–H and O–H groups in total. The van der Waals surface area contributed by atoms with Crippen LogP contribution in [0.15, 0.2) is 0 Å². The molecule has 362 valence electrons. The van der Waals surface area contributed by atoms with Gasteiger partial charge in [-0.25, -0.2) is 0 Å². The molecule has 6 nitrogen and oxygen atoms in total. The maximum atomic E-state index is 12.8. The van der Waals surface area contributed by atoms with Gasteiger partial charge in [-0.05, 0) is 31.1 Å². The maximum absolute atomic E-state index is 12.8. The fraction of sp³-hybridized carbons (Fsp3) is 0.945. The molecule has 1 unspecified atom stereocenters. The Kier molecular flexibility index (Phi) is 46.6. The average molecular weight is 863 g/mol. The van der Waals surface area contributed by atoms with Crippen molar-refractivity contribution in [3.63, 3.8) is 0 Å². The Hall–Kier alpha value is -1.59. The van der Waals surface area contributed by atoms with Crippen molar-refractivity contribution in [1.29, 1.82) is 0 Å². The van der Waals surface area contributed by atoms with Crippen molar-refractivity contribution in [3.05, 3.63) is 0 Å². The summed E-state index contributed by atoms with van der Waals surface area (Å²) in [5, 5.41) is 0. The van der Waals surface area contributed by atoms with Crippen LogP contribution in [0.5, 0.6) is 0 Å². The molecular formula is C55H106O6. The molecule has 0 aliphatic heterocycles. The van der Waals surface area contributed by atoms with Crippen molar-refractivity contribution in [2.45, 2.75) is 310 Å². The number of rotatable bonds is 49. The highest BCUT2D eigenvalue weighted by Gasteiger charge is 2.19. The van der Waals surface area contributed by atoms with E-state index in [1.165, 1.54) is 193 Å². The van der Waals surface area contributed by atoms with E-state index in [4.69, 9.17) is 14.2 Å². The molecule has 0 aromatic carbocycles. The van der Waals surface area contributed by atoms with E-state index in [0.29, 0.717) is 19.3 Å². The molecule has 2 atom stereocenters. The summed E-state index contributed by atoms with van der Waals surface area (Å²) in [6, 6.07) is 0. The Bertz CT molecular complexity index is 933. The first-order valence-electron chi connectivity index (χ1n) is 27.3. The van der Waals surface area contributed by atoms with Gasteiger partial charge in [0.2, 0.25) is 0 Å². The van der Waals surface area contributed by atoms with E-state index in [2.05, 4.69) is 34.6 Å². The quantitative estimate of drug-likeness (QED) is 0.0344. The van der Waals surface area contributed by atoms with Crippen LogP contribution < -0.4 is 0 Å². The van der Waals surface area contributed by atoms with Crippen LogP contribution in [-0.4, -0.2) is 37.2 Å². The van der Waals surface area contributed by atoms with Crippen LogP contribution in [0.4, 0.5) is 0 Å².